The maximum atomic E-state index is 11.4. The van der Waals surface area contributed by atoms with Crippen LogP contribution in [0.2, 0.25) is 0 Å². The van der Waals surface area contributed by atoms with Crippen LogP contribution in [0.3, 0.4) is 0 Å². The van der Waals surface area contributed by atoms with Crippen LogP contribution in [0.1, 0.15) is 79.1 Å². The molecule has 0 aliphatic heterocycles. The number of hydrogen-bond acceptors (Lipinski definition) is 8. The van der Waals surface area contributed by atoms with Crippen LogP contribution in [0.4, 0.5) is 0 Å². The fourth-order valence-corrected chi connectivity index (χ4v) is 9.88. The molecule has 0 amide bonds. The number of fused-ring (bicyclic) bond motifs is 5. The molecule has 0 spiro atoms. The molecule has 0 aromatic carbocycles. The van der Waals surface area contributed by atoms with Crippen LogP contribution in [-0.2, 0) is 29.2 Å². The lowest BCUT2D eigenvalue weighted by Crippen LogP contribution is -2.58. The van der Waals surface area contributed by atoms with Gasteiger partial charge in [0, 0.05) is 0 Å². The van der Waals surface area contributed by atoms with Gasteiger partial charge >= 0.3 is 20.8 Å². The average Bonchev–Trinajstić information content (AvgIpc) is 3.14. The van der Waals surface area contributed by atoms with Crippen molar-refractivity contribution in [2.24, 2.45) is 40.4 Å². The Morgan fingerprint density at radius 2 is 1.77 bits per heavy atom. The molecule has 0 bridgehead atoms. The topological polar surface area (TPSA) is 168 Å². The lowest BCUT2D eigenvalue weighted by molar-refractivity contribution is -0.119. The molecule has 4 N–H and O–H groups in total. The zero-order valence-electron chi connectivity index (χ0n) is 23.2. The normalized spacial score (nSPS) is 41.1. The van der Waals surface area contributed by atoms with E-state index in [0.717, 1.165) is 38.5 Å². The highest BCUT2D eigenvalue weighted by molar-refractivity contribution is 7.81. The second-order valence-corrected chi connectivity index (χ2v) is 15.1. The van der Waals surface area contributed by atoms with Crippen molar-refractivity contribution in [2.75, 3.05) is 6.61 Å². The van der Waals surface area contributed by atoms with Gasteiger partial charge in [-0.2, -0.15) is 16.8 Å². The number of aliphatic hydroxyl groups excluding tert-OH is 2. The number of allylic oxidation sites excluding steroid dienone is 3. The van der Waals surface area contributed by atoms with E-state index >= 15 is 0 Å². The van der Waals surface area contributed by atoms with Crippen molar-refractivity contribution in [3.63, 3.8) is 0 Å². The molecule has 0 aromatic rings. The maximum Gasteiger partial charge on any atom is 0.397 e. The van der Waals surface area contributed by atoms with E-state index in [-0.39, 0.29) is 36.2 Å². The van der Waals surface area contributed by atoms with Gasteiger partial charge in [-0.25, -0.2) is 8.37 Å². The summed E-state index contributed by atoms with van der Waals surface area (Å²) in [6.07, 6.45) is 6.21. The molecule has 39 heavy (non-hydrogen) atoms. The quantitative estimate of drug-likeness (QED) is 0.228. The highest BCUT2D eigenvalue weighted by Gasteiger charge is 2.62. The van der Waals surface area contributed by atoms with E-state index in [4.69, 9.17) is 8.74 Å². The third-order valence-electron chi connectivity index (χ3n) is 10.6. The molecule has 0 heterocycles. The first-order valence-corrected chi connectivity index (χ1v) is 16.7. The van der Waals surface area contributed by atoms with Crippen molar-refractivity contribution in [3.05, 3.63) is 23.3 Å². The standard InChI is InChI=1S/C27H44O10S2/c1-16(2)6-5-7-17(15-36-38(30,31)32)19-10-11-20-18-8-9-22-24(29)25(37-39(33,34)35)23(28)14-27(22,4)21(18)12-13-26(19,20)3/h6,9,17-21,23-25,28-29H,5,7-8,10-15H2,1-4H3,(H,30,31,32)(H,33,34,35)/t17-,18?,19+,20?,21?,23+,24+,25+,26+,27+/m0/s1. The third kappa shape index (κ3) is 6.33. The number of aliphatic hydroxyl groups is 2. The minimum atomic E-state index is -4.84. The van der Waals surface area contributed by atoms with Gasteiger partial charge in [0.15, 0.2) is 0 Å². The van der Waals surface area contributed by atoms with Gasteiger partial charge in [0.2, 0.25) is 0 Å². The van der Waals surface area contributed by atoms with Crippen LogP contribution in [-0.4, -0.2) is 61.1 Å². The summed E-state index contributed by atoms with van der Waals surface area (Å²) in [5, 5.41) is 21.9. The molecule has 3 unspecified atom stereocenters. The van der Waals surface area contributed by atoms with Crippen molar-refractivity contribution >= 4 is 20.8 Å². The fraction of sp³-hybridized carbons (Fsp3) is 0.852. The minimum Gasteiger partial charge on any atom is -0.390 e. The molecule has 3 fully saturated rings. The number of rotatable bonds is 9. The first-order valence-electron chi connectivity index (χ1n) is 13.9. The monoisotopic (exact) mass is 592 g/mol. The van der Waals surface area contributed by atoms with E-state index < -0.39 is 44.5 Å². The Morgan fingerprint density at radius 3 is 2.38 bits per heavy atom. The van der Waals surface area contributed by atoms with E-state index in [0.29, 0.717) is 23.8 Å². The Balaban J connectivity index is 1.58. The molecule has 0 radical (unpaired) electrons. The molecular weight excluding hydrogens is 548 g/mol. The van der Waals surface area contributed by atoms with Crippen LogP contribution in [0.5, 0.6) is 0 Å². The van der Waals surface area contributed by atoms with Crippen molar-refractivity contribution in [1.29, 1.82) is 0 Å². The highest BCUT2D eigenvalue weighted by atomic mass is 32.3. The summed E-state index contributed by atoms with van der Waals surface area (Å²) in [4.78, 5) is 0. The van der Waals surface area contributed by atoms with Crippen LogP contribution >= 0.6 is 0 Å². The Kier molecular flexibility index (Phi) is 8.84. The zero-order chi connectivity index (χ0) is 29.0. The summed E-state index contributed by atoms with van der Waals surface area (Å²) in [6, 6.07) is 0. The highest BCUT2D eigenvalue weighted by Crippen LogP contribution is 2.67. The van der Waals surface area contributed by atoms with Crippen LogP contribution in [0.25, 0.3) is 0 Å². The predicted molar refractivity (Wildman–Crippen MR) is 144 cm³/mol. The first-order chi connectivity index (χ1) is 18.0. The Morgan fingerprint density at radius 1 is 1.08 bits per heavy atom. The summed E-state index contributed by atoms with van der Waals surface area (Å²) >= 11 is 0. The van der Waals surface area contributed by atoms with E-state index in [9.17, 15) is 31.6 Å². The summed E-state index contributed by atoms with van der Waals surface area (Å²) < 4.78 is 73.5. The molecule has 224 valence electrons. The lowest BCUT2D eigenvalue weighted by atomic mass is 9.46. The smallest absolute Gasteiger partial charge is 0.390 e. The Labute approximate surface area is 232 Å². The van der Waals surface area contributed by atoms with Crippen LogP contribution < -0.4 is 0 Å². The van der Waals surface area contributed by atoms with Gasteiger partial charge in [0.05, 0.1) is 12.7 Å². The van der Waals surface area contributed by atoms with E-state index in [1.165, 1.54) is 5.57 Å². The van der Waals surface area contributed by atoms with Crippen molar-refractivity contribution in [2.45, 2.75) is 97.4 Å². The molecule has 10 nitrogen and oxygen atoms in total. The molecule has 3 saturated carbocycles. The summed E-state index contributed by atoms with van der Waals surface area (Å²) in [5.74, 6) is 1.01. The van der Waals surface area contributed by atoms with E-state index in [1.54, 1.807) is 0 Å². The van der Waals surface area contributed by atoms with Crippen molar-refractivity contribution in [1.82, 2.24) is 0 Å². The molecule has 10 atom stereocenters. The SMILES string of the molecule is CC(C)=CCC[C@@H](COS(=O)(=O)O)[C@H]1CCC2C3CC=C4[C@@H](O)[C@H](OS(=O)(=O)O)[C@H](O)C[C@]4(C)C3CC[C@@]21C. The van der Waals surface area contributed by atoms with Gasteiger partial charge in [-0.1, -0.05) is 31.6 Å². The zero-order valence-corrected chi connectivity index (χ0v) is 24.8. The average molecular weight is 593 g/mol. The van der Waals surface area contributed by atoms with Gasteiger partial charge in [0.25, 0.3) is 0 Å². The molecule has 12 heteroatoms. The molecule has 0 aromatic heterocycles. The largest absolute Gasteiger partial charge is 0.397 e. The molecule has 0 saturated heterocycles. The fourth-order valence-electron chi connectivity index (χ4n) is 9.02. The maximum absolute atomic E-state index is 11.4. The Bertz CT molecular complexity index is 1190. The molecular formula is C27H44O10S2. The number of hydrogen-bond donors (Lipinski definition) is 4. The second kappa shape index (κ2) is 11.1. The van der Waals surface area contributed by atoms with Crippen LogP contribution in [0, 0.1) is 40.4 Å². The van der Waals surface area contributed by atoms with Crippen molar-refractivity contribution < 1.29 is 44.5 Å². The van der Waals surface area contributed by atoms with Gasteiger partial charge in [-0.3, -0.25) is 9.11 Å². The molecule has 4 aliphatic carbocycles. The summed E-state index contributed by atoms with van der Waals surface area (Å²) in [5.41, 5.74) is 1.27. The summed E-state index contributed by atoms with van der Waals surface area (Å²) in [6.45, 7) is 8.34. The summed E-state index contributed by atoms with van der Waals surface area (Å²) in [7, 11) is -9.39. The lowest BCUT2D eigenvalue weighted by Gasteiger charge is -2.59. The van der Waals surface area contributed by atoms with Crippen molar-refractivity contribution in [3.8, 4) is 0 Å². The minimum absolute atomic E-state index is 0.0315. The van der Waals surface area contributed by atoms with Crippen LogP contribution in [0.15, 0.2) is 23.3 Å². The van der Waals surface area contributed by atoms with E-state index in [1.807, 2.05) is 26.8 Å². The van der Waals surface area contributed by atoms with Gasteiger partial charge < -0.3 is 10.2 Å². The van der Waals surface area contributed by atoms with Gasteiger partial charge in [0.1, 0.15) is 12.2 Å². The van der Waals surface area contributed by atoms with Gasteiger partial charge in [-0.15, -0.1) is 0 Å². The van der Waals surface area contributed by atoms with Gasteiger partial charge in [-0.05, 0) is 111 Å². The predicted octanol–water partition coefficient (Wildman–Crippen LogP) is 3.88. The first kappa shape index (κ1) is 31.1. The third-order valence-corrected chi connectivity index (χ3v) is 11.5. The molecule has 4 rings (SSSR count). The van der Waals surface area contributed by atoms with E-state index in [2.05, 4.69) is 17.2 Å². The molecule has 4 aliphatic rings. The Hall–Kier alpha value is -0.860. The second-order valence-electron chi connectivity index (χ2n) is 13.0.